The highest BCUT2D eigenvalue weighted by Gasteiger charge is 2.25. The molecule has 1 amide bonds. The number of carbonyl (C=O) groups is 1. The van der Waals surface area contributed by atoms with Gasteiger partial charge < -0.3 is 5.32 Å². The number of aromatic nitrogens is 4. The van der Waals surface area contributed by atoms with E-state index in [1.165, 1.54) is 34.2 Å². The number of carbonyl (C=O) groups excluding carboxylic acids is 1. The van der Waals surface area contributed by atoms with Gasteiger partial charge in [0.15, 0.2) is 16.0 Å². The number of aryl methyl sites for hydroxylation is 2. The lowest BCUT2D eigenvalue weighted by atomic mass is 10.2. The van der Waals surface area contributed by atoms with E-state index in [2.05, 4.69) is 27.6 Å². The Kier molecular flexibility index (Phi) is 6.40. The molecule has 0 aliphatic heterocycles. The second-order valence-electron chi connectivity index (χ2n) is 8.19. The summed E-state index contributed by atoms with van der Waals surface area (Å²) in [5.41, 5.74) is 4.10. The Morgan fingerprint density at radius 1 is 1.06 bits per heavy atom. The molecule has 6 rings (SSSR count). The molecule has 6 nitrogen and oxygen atoms in total. The van der Waals surface area contributed by atoms with Crippen LogP contribution in [0.15, 0.2) is 64.9 Å². The van der Waals surface area contributed by atoms with Crippen molar-refractivity contribution in [2.45, 2.75) is 35.3 Å². The molecule has 1 N–H and O–H groups in total. The van der Waals surface area contributed by atoms with Crippen LogP contribution in [-0.2, 0) is 23.4 Å². The fourth-order valence-electron chi connectivity index (χ4n) is 4.25. The first kappa shape index (κ1) is 22.8. The number of benzene rings is 2. The molecule has 3 heterocycles. The smallest absolute Gasteiger partial charge is 0.234 e. The van der Waals surface area contributed by atoms with E-state index in [1.807, 2.05) is 34.7 Å². The Balaban J connectivity index is 1.32. The maximum atomic E-state index is 12.6. The molecule has 176 valence electrons. The van der Waals surface area contributed by atoms with Crippen LogP contribution in [0.4, 0.5) is 5.69 Å². The Morgan fingerprint density at radius 2 is 1.94 bits per heavy atom. The molecule has 2 aromatic carbocycles. The number of nitrogens with one attached hydrogen (secondary N) is 1. The van der Waals surface area contributed by atoms with E-state index in [9.17, 15) is 4.79 Å². The number of anilines is 1. The van der Waals surface area contributed by atoms with Crippen LogP contribution >= 0.6 is 46.5 Å². The van der Waals surface area contributed by atoms with Crippen LogP contribution < -0.4 is 5.32 Å². The van der Waals surface area contributed by atoms with Gasteiger partial charge in [0.05, 0.1) is 11.1 Å². The second kappa shape index (κ2) is 9.81. The highest BCUT2D eigenvalue weighted by Crippen LogP contribution is 2.40. The molecular weight excluding hydrogens is 518 g/mol. The number of hydrogen-bond donors (Lipinski definition) is 1. The zero-order valence-corrected chi connectivity index (χ0v) is 21.7. The maximum absolute atomic E-state index is 12.6. The summed E-state index contributed by atoms with van der Waals surface area (Å²) in [6.07, 6.45) is 3.34. The van der Waals surface area contributed by atoms with Crippen molar-refractivity contribution in [1.82, 2.24) is 19.6 Å². The van der Waals surface area contributed by atoms with Gasteiger partial charge in [-0.25, -0.2) is 9.38 Å². The predicted molar refractivity (Wildman–Crippen MR) is 145 cm³/mol. The third-order valence-electron chi connectivity index (χ3n) is 5.80. The van der Waals surface area contributed by atoms with E-state index in [1.54, 1.807) is 35.2 Å². The van der Waals surface area contributed by atoms with E-state index in [0.29, 0.717) is 15.9 Å². The van der Waals surface area contributed by atoms with Gasteiger partial charge >= 0.3 is 0 Å². The first-order chi connectivity index (χ1) is 17.2. The molecule has 0 radical (unpaired) electrons. The van der Waals surface area contributed by atoms with E-state index in [-0.39, 0.29) is 11.7 Å². The molecular formula is C25H20ClN5OS3. The summed E-state index contributed by atoms with van der Waals surface area (Å²) in [6, 6.07) is 17.5. The topological polar surface area (TPSA) is 72.2 Å². The van der Waals surface area contributed by atoms with Crippen LogP contribution in [0.25, 0.3) is 15.9 Å². The highest BCUT2D eigenvalue weighted by molar-refractivity contribution is 8.00. The monoisotopic (exact) mass is 537 g/mol. The highest BCUT2D eigenvalue weighted by atomic mass is 35.5. The van der Waals surface area contributed by atoms with Crippen molar-refractivity contribution >= 4 is 73.9 Å². The van der Waals surface area contributed by atoms with Crippen molar-refractivity contribution in [1.29, 1.82) is 0 Å². The van der Waals surface area contributed by atoms with Gasteiger partial charge in [-0.3, -0.25) is 4.79 Å². The molecule has 0 unspecified atom stereocenters. The van der Waals surface area contributed by atoms with Crippen LogP contribution in [0.1, 0.15) is 22.4 Å². The van der Waals surface area contributed by atoms with Gasteiger partial charge in [-0.1, -0.05) is 71.5 Å². The Bertz CT molecular complexity index is 1550. The summed E-state index contributed by atoms with van der Waals surface area (Å²) in [5.74, 6) is 0.866. The van der Waals surface area contributed by atoms with E-state index >= 15 is 0 Å². The van der Waals surface area contributed by atoms with Crippen LogP contribution in [-0.4, -0.2) is 31.2 Å². The normalized spacial score (nSPS) is 12.9. The average molecular weight is 538 g/mol. The molecule has 35 heavy (non-hydrogen) atoms. The summed E-state index contributed by atoms with van der Waals surface area (Å²) >= 11 is 10.8. The number of fused-ring (bicyclic) bond motifs is 5. The third kappa shape index (κ3) is 4.65. The van der Waals surface area contributed by atoms with Crippen LogP contribution in [0.2, 0.25) is 5.02 Å². The number of nitrogens with zero attached hydrogens (tertiary/aromatic N) is 4. The second-order valence-corrected chi connectivity index (χ2v) is 11.6. The fraction of sp³-hybridized carbons (Fsp3) is 0.200. The minimum absolute atomic E-state index is 0.127. The van der Waals surface area contributed by atoms with E-state index < -0.39 is 0 Å². The van der Waals surface area contributed by atoms with E-state index in [0.717, 1.165) is 39.6 Å². The van der Waals surface area contributed by atoms with Crippen LogP contribution in [0.5, 0.6) is 0 Å². The van der Waals surface area contributed by atoms with Crippen molar-refractivity contribution in [3.8, 4) is 0 Å². The van der Waals surface area contributed by atoms with Gasteiger partial charge in [0, 0.05) is 21.3 Å². The Labute approximate surface area is 219 Å². The molecule has 1 aliphatic carbocycles. The summed E-state index contributed by atoms with van der Waals surface area (Å²) < 4.78 is 2.03. The summed E-state index contributed by atoms with van der Waals surface area (Å²) in [6.45, 7) is 0. The summed E-state index contributed by atoms with van der Waals surface area (Å²) in [4.78, 5) is 20.1. The number of rotatable bonds is 7. The van der Waals surface area contributed by atoms with Gasteiger partial charge in [0.2, 0.25) is 5.91 Å². The molecule has 1 aliphatic rings. The van der Waals surface area contributed by atoms with Crippen LogP contribution in [0, 0.1) is 0 Å². The van der Waals surface area contributed by atoms with Gasteiger partial charge in [-0.05, 0) is 48.6 Å². The standard InChI is InChI=1S/C25H20ClN5OS3/c26-16-8-4-9-17(12-16)27-20(32)14-34-25-30-29-22-21-18-10-5-11-19(18)35-23(21)28-24(31(22)25)33-13-15-6-2-1-3-7-15/h1-4,6-9,12H,5,10-11,13-14H2,(H,27,32). The van der Waals surface area contributed by atoms with Crippen molar-refractivity contribution < 1.29 is 4.79 Å². The molecule has 0 spiro atoms. The summed E-state index contributed by atoms with van der Waals surface area (Å²) in [7, 11) is 0. The molecule has 5 aromatic rings. The molecule has 0 fully saturated rings. The lowest BCUT2D eigenvalue weighted by molar-refractivity contribution is -0.113. The number of halogens is 1. The lowest BCUT2D eigenvalue weighted by Gasteiger charge is -2.09. The number of thiophene rings is 1. The maximum Gasteiger partial charge on any atom is 0.234 e. The number of amides is 1. The first-order valence-corrected chi connectivity index (χ1v) is 14.4. The largest absolute Gasteiger partial charge is 0.325 e. The quantitative estimate of drug-likeness (QED) is 0.188. The molecule has 0 atom stereocenters. The van der Waals surface area contributed by atoms with Gasteiger partial charge in [0.1, 0.15) is 4.83 Å². The van der Waals surface area contributed by atoms with E-state index in [4.69, 9.17) is 16.6 Å². The molecule has 10 heteroatoms. The van der Waals surface area contributed by atoms with Crippen molar-refractivity contribution in [3.05, 3.63) is 75.6 Å². The van der Waals surface area contributed by atoms with Gasteiger partial charge in [-0.15, -0.1) is 21.5 Å². The molecule has 0 saturated carbocycles. The SMILES string of the molecule is O=C(CSc1nnc2c3c4c(sc3nc(SCc3ccccc3)n12)CCC4)Nc1cccc(Cl)c1. The summed E-state index contributed by atoms with van der Waals surface area (Å²) in [5, 5.41) is 15.2. The zero-order chi connectivity index (χ0) is 23.8. The third-order valence-corrected chi connectivity index (χ3v) is 9.16. The van der Waals surface area contributed by atoms with Gasteiger partial charge in [-0.2, -0.15) is 0 Å². The molecule has 0 bridgehead atoms. The minimum Gasteiger partial charge on any atom is -0.325 e. The zero-order valence-electron chi connectivity index (χ0n) is 18.5. The predicted octanol–water partition coefficient (Wildman–Crippen LogP) is 6.50. The van der Waals surface area contributed by atoms with Crippen LogP contribution in [0.3, 0.4) is 0 Å². The van der Waals surface area contributed by atoms with Crippen molar-refractivity contribution in [2.75, 3.05) is 11.1 Å². The van der Waals surface area contributed by atoms with Crippen molar-refractivity contribution in [3.63, 3.8) is 0 Å². The fourth-order valence-corrected chi connectivity index (χ4v) is 7.49. The molecule has 0 saturated heterocycles. The Hall–Kier alpha value is -2.59. The van der Waals surface area contributed by atoms with Gasteiger partial charge in [0.25, 0.3) is 0 Å². The lowest BCUT2D eigenvalue weighted by Crippen LogP contribution is -2.14. The molecule has 3 aromatic heterocycles. The van der Waals surface area contributed by atoms with Crippen molar-refractivity contribution in [2.24, 2.45) is 0 Å². The minimum atomic E-state index is -0.127. The number of thioether (sulfide) groups is 2. The average Bonchev–Trinajstić information content (AvgIpc) is 3.56. The number of hydrogen-bond acceptors (Lipinski definition) is 7. The first-order valence-electron chi connectivity index (χ1n) is 11.2. The Morgan fingerprint density at radius 3 is 2.80 bits per heavy atom.